The molecule has 172 valence electrons. The quantitative estimate of drug-likeness (QED) is 0.414. The van der Waals surface area contributed by atoms with Crippen molar-refractivity contribution >= 4 is 11.9 Å². The van der Waals surface area contributed by atoms with Crippen LogP contribution >= 0.6 is 0 Å². The zero-order chi connectivity index (χ0) is 22.8. The fourth-order valence-corrected chi connectivity index (χ4v) is 3.55. The molecular weight excluding hydrogens is 404 g/mol. The molecular formula is C25H34N4O3. The molecule has 32 heavy (non-hydrogen) atoms. The van der Waals surface area contributed by atoms with Crippen LogP contribution in [0.4, 0.5) is 0 Å². The lowest BCUT2D eigenvalue weighted by molar-refractivity contribution is 0.0857. The summed E-state index contributed by atoms with van der Waals surface area (Å²) in [4.78, 5) is 16.7. The van der Waals surface area contributed by atoms with Gasteiger partial charge in [-0.1, -0.05) is 24.3 Å². The summed E-state index contributed by atoms with van der Waals surface area (Å²) in [5, 5.41) is 9.54. The Bertz CT molecular complexity index is 910. The van der Waals surface area contributed by atoms with Crippen LogP contribution in [-0.2, 0) is 11.3 Å². The second-order valence-electron chi connectivity index (χ2n) is 8.10. The third kappa shape index (κ3) is 7.57. The van der Waals surface area contributed by atoms with Gasteiger partial charge in [-0.15, -0.1) is 0 Å². The van der Waals surface area contributed by atoms with Gasteiger partial charge in [0.1, 0.15) is 11.9 Å². The summed E-state index contributed by atoms with van der Waals surface area (Å²) < 4.78 is 11.5. The number of benzene rings is 2. The number of rotatable bonds is 9. The van der Waals surface area contributed by atoms with E-state index in [1.165, 1.54) is 5.56 Å². The minimum absolute atomic E-state index is 0.0220. The van der Waals surface area contributed by atoms with Crippen molar-refractivity contribution in [2.45, 2.75) is 45.4 Å². The van der Waals surface area contributed by atoms with Crippen molar-refractivity contribution in [2.24, 2.45) is 4.99 Å². The molecule has 0 saturated carbocycles. The van der Waals surface area contributed by atoms with Crippen LogP contribution in [0.15, 0.2) is 53.5 Å². The molecule has 1 aliphatic heterocycles. The van der Waals surface area contributed by atoms with E-state index in [-0.39, 0.29) is 18.1 Å². The van der Waals surface area contributed by atoms with E-state index < -0.39 is 0 Å². The highest BCUT2D eigenvalue weighted by Crippen LogP contribution is 2.14. The first-order chi connectivity index (χ1) is 15.5. The molecule has 0 bridgehead atoms. The van der Waals surface area contributed by atoms with Gasteiger partial charge in [0, 0.05) is 32.3 Å². The number of nitrogens with zero attached hydrogens (tertiary/aromatic N) is 1. The first-order valence-corrected chi connectivity index (χ1v) is 11.2. The van der Waals surface area contributed by atoms with Crippen LogP contribution in [0.2, 0.25) is 0 Å². The Labute approximate surface area is 190 Å². The summed E-state index contributed by atoms with van der Waals surface area (Å²) in [5.74, 6) is 1.46. The fraction of sp³-hybridized carbons (Fsp3) is 0.440. The summed E-state index contributed by atoms with van der Waals surface area (Å²) in [6.07, 6.45) is 2.18. The van der Waals surface area contributed by atoms with Gasteiger partial charge in [0.05, 0.1) is 12.6 Å². The number of amides is 1. The van der Waals surface area contributed by atoms with Crippen molar-refractivity contribution in [2.75, 3.05) is 26.7 Å². The number of hydrogen-bond donors (Lipinski definition) is 3. The number of nitrogens with one attached hydrogen (secondary N) is 3. The lowest BCUT2D eigenvalue weighted by atomic mass is 10.1. The third-order valence-electron chi connectivity index (χ3n) is 5.27. The molecule has 1 saturated heterocycles. The maximum Gasteiger partial charge on any atom is 0.251 e. The van der Waals surface area contributed by atoms with Gasteiger partial charge >= 0.3 is 0 Å². The fourth-order valence-electron chi connectivity index (χ4n) is 3.55. The molecule has 7 heteroatoms. The smallest absolute Gasteiger partial charge is 0.251 e. The number of aryl methyl sites for hydroxylation is 1. The Hall–Kier alpha value is -3.06. The predicted molar refractivity (Wildman–Crippen MR) is 127 cm³/mol. The van der Waals surface area contributed by atoms with Crippen LogP contribution in [0.25, 0.3) is 0 Å². The summed E-state index contributed by atoms with van der Waals surface area (Å²) in [5.41, 5.74) is 2.81. The lowest BCUT2D eigenvalue weighted by Crippen LogP contribution is -2.41. The molecule has 0 aliphatic carbocycles. The SMILES string of the molecule is CN=C(NCc1cccc(C(=O)NCC2CCCO2)c1)NCC(C)Oc1cccc(C)c1. The molecule has 2 atom stereocenters. The van der Waals surface area contributed by atoms with E-state index in [4.69, 9.17) is 9.47 Å². The van der Waals surface area contributed by atoms with Crippen molar-refractivity contribution < 1.29 is 14.3 Å². The van der Waals surface area contributed by atoms with Crippen LogP contribution in [0, 0.1) is 6.92 Å². The maximum absolute atomic E-state index is 12.5. The number of carbonyl (C=O) groups is 1. The summed E-state index contributed by atoms with van der Waals surface area (Å²) in [6, 6.07) is 15.6. The molecule has 2 aromatic rings. The Kier molecular flexibility index (Phi) is 8.92. The molecule has 1 aliphatic rings. The van der Waals surface area contributed by atoms with Crippen molar-refractivity contribution in [3.63, 3.8) is 0 Å². The van der Waals surface area contributed by atoms with Crippen LogP contribution in [0.1, 0.15) is 41.3 Å². The van der Waals surface area contributed by atoms with Crippen LogP contribution in [-0.4, -0.2) is 50.8 Å². The summed E-state index contributed by atoms with van der Waals surface area (Å²) in [7, 11) is 1.73. The Balaban J connectivity index is 1.43. The first-order valence-electron chi connectivity index (χ1n) is 11.2. The second kappa shape index (κ2) is 12.1. The van der Waals surface area contributed by atoms with Gasteiger partial charge in [-0.3, -0.25) is 9.79 Å². The highest BCUT2D eigenvalue weighted by molar-refractivity contribution is 5.94. The topological polar surface area (TPSA) is 84.0 Å². The highest BCUT2D eigenvalue weighted by atomic mass is 16.5. The predicted octanol–water partition coefficient (Wildman–Crippen LogP) is 3.04. The van der Waals surface area contributed by atoms with Crippen LogP contribution in [0.5, 0.6) is 5.75 Å². The number of aliphatic imine (C=N–C) groups is 1. The Morgan fingerprint density at radius 2 is 2.03 bits per heavy atom. The Morgan fingerprint density at radius 1 is 1.19 bits per heavy atom. The van der Waals surface area contributed by atoms with Crippen molar-refractivity contribution in [1.29, 1.82) is 0 Å². The molecule has 1 heterocycles. The zero-order valence-corrected chi connectivity index (χ0v) is 19.2. The van der Waals surface area contributed by atoms with E-state index in [0.717, 1.165) is 30.8 Å². The number of carbonyl (C=O) groups excluding carboxylic acids is 1. The average molecular weight is 439 g/mol. The molecule has 3 N–H and O–H groups in total. The largest absolute Gasteiger partial charge is 0.489 e. The summed E-state index contributed by atoms with van der Waals surface area (Å²) >= 11 is 0. The van der Waals surface area contributed by atoms with Crippen LogP contribution < -0.4 is 20.7 Å². The van der Waals surface area contributed by atoms with E-state index in [9.17, 15) is 4.79 Å². The second-order valence-corrected chi connectivity index (χ2v) is 8.10. The van der Waals surface area contributed by atoms with E-state index in [2.05, 4.69) is 20.9 Å². The average Bonchev–Trinajstić information content (AvgIpc) is 3.31. The molecule has 0 radical (unpaired) electrons. The molecule has 0 spiro atoms. The number of guanidine groups is 1. The van der Waals surface area contributed by atoms with E-state index in [0.29, 0.717) is 31.2 Å². The molecule has 7 nitrogen and oxygen atoms in total. The van der Waals surface area contributed by atoms with Gasteiger partial charge < -0.3 is 25.4 Å². The van der Waals surface area contributed by atoms with E-state index in [1.54, 1.807) is 7.05 Å². The molecule has 1 fully saturated rings. The van der Waals surface area contributed by atoms with Crippen LogP contribution in [0.3, 0.4) is 0 Å². The molecule has 2 unspecified atom stereocenters. The minimum atomic E-state index is -0.0769. The molecule has 1 amide bonds. The molecule has 2 aromatic carbocycles. The van der Waals surface area contributed by atoms with Gasteiger partial charge in [0.25, 0.3) is 5.91 Å². The third-order valence-corrected chi connectivity index (χ3v) is 5.27. The minimum Gasteiger partial charge on any atom is -0.489 e. The number of hydrogen-bond acceptors (Lipinski definition) is 4. The monoisotopic (exact) mass is 438 g/mol. The maximum atomic E-state index is 12.5. The van der Waals surface area contributed by atoms with Crippen molar-refractivity contribution in [3.8, 4) is 5.75 Å². The van der Waals surface area contributed by atoms with Gasteiger partial charge in [-0.2, -0.15) is 0 Å². The highest BCUT2D eigenvalue weighted by Gasteiger charge is 2.16. The standard InChI is InChI=1S/C25H34N4O3/c1-18-7-4-10-22(13-18)32-19(2)15-28-25(26-3)29-16-20-8-5-9-21(14-20)24(30)27-17-23-11-6-12-31-23/h4-5,7-10,13-14,19,23H,6,11-12,15-17H2,1-3H3,(H,27,30)(H2,26,28,29). The normalized spacial score (nSPS) is 17.0. The van der Waals surface area contributed by atoms with Gasteiger partial charge in [0.2, 0.25) is 0 Å². The zero-order valence-electron chi connectivity index (χ0n) is 19.2. The van der Waals surface area contributed by atoms with E-state index in [1.807, 2.05) is 62.4 Å². The van der Waals surface area contributed by atoms with Gasteiger partial charge in [-0.05, 0) is 62.1 Å². The molecule has 0 aromatic heterocycles. The molecule has 3 rings (SSSR count). The Morgan fingerprint density at radius 3 is 2.78 bits per heavy atom. The van der Waals surface area contributed by atoms with Crippen molar-refractivity contribution in [3.05, 3.63) is 65.2 Å². The lowest BCUT2D eigenvalue weighted by Gasteiger charge is -2.18. The van der Waals surface area contributed by atoms with Gasteiger partial charge in [-0.25, -0.2) is 0 Å². The van der Waals surface area contributed by atoms with Gasteiger partial charge in [0.15, 0.2) is 5.96 Å². The van der Waals surface area contributed by atoms with E-state index >= 15 is 0 Å². The number of ether oxygens (including phenoxy) is 2. The first kappa shape index (κ1) is 23.6. The van der Waals surface area contributed by atoms with Crippen molar-refractivity contribution in [1.82, 2.24) is 16.0 Å². The summed E-state index contributed by atoms with van der Waals surface area (Å²) in [6.45, 7) is 6.57.